The summed E-state index contributed by atoms with van der Waals surface area (Å²) in [5, 5.41) is 0. The molecule has 0 bridgehead atoms. The van der Waals surface area contributed by atoms with E-state index in [9.17, 15) is 14.4 Å². The number of hydrogen-bond acceptors (Lipinski definition) is 4. The molecule has 4 rings (SSSR count). The van der Waals surface area contributed by atoms with Gasteiger partial charge < -0.3 is 4.74 Å². The zero-order valence-corrected chi connectivity index (χ0v) is 15.9. The standard InChI is InChI=1S/C22H28O4/c1-4-20(25)26-18-12-14-15-5-6-19(24)22(15,3)10-8-16(14)21(2)9-7-13(23)11-17(18)21/h7,9,11,14-16,18H,4-6,8,10,12H2,1-3H3/t14-,15-,16-,18-,21+,22-/m0/s1. The molecule has 4 heteroatoms. The topological polar surface area (TPSA) is 60.4 Å². The van der Waals surface area contributed by atoms with E-state index in [4.69, 9.17) is 4.74 Å². The predicted molar refractivity (Wildman–Crippen MR) is 97.2 cm³/mol. The van der Waals surface area contributed by atoms with Gasteiger partial charge in [-0.15, -0.1) is 0 Å². The van der Waals surface area contributed by atoms with E-state index in [0.29, 0.717) is 36.4 Å². The van der Waals surface area contributed by atoms with E-state index in [1.807, 2.05) is 6.08 Å². The second kappa shape index (κ2) is 5.90. The molecule has 3 saturated carbocycles. The quantitative estimate of drug-likeness (QED) is 0.706. The van der Waals surface area contributed by atoms with Gasteiger partial charge in [-0.05, 0) is 61.2 Å². The Balaban J connectivity index is 1.74. The van der Waals surface area contributed by atoms with Crippen LogP contribution in [0.3, 0.4) is 0 Å². The summed E-state index contributed by atoms with van der Waals surface area (Å²) in [7, 11) is 0. The fourth-order valence-electron chi connectivity index (χ4n) is 6.35. The van der Waals surface area contributed by atoms with Crippen LogP contribution in [0.4, 0.5) is 0 Å². The summed E-state index contributed by atoms with van der Waals surface area (Å²) in [6.45, 7) is 6.12. The van der Waals surface area contributed by atoms with Gasteiger partial charge in [0.1, 0.15) is 11.9 Å². The first kappa shape index (κ1) is 17.7. The van der Waals surface area contributed by atoms with E-state index in [0.717, 1.165) is 31.3 Å². The molecule has 26 heavy (non-hydrogen) atoms. The third-order valence-corrected chi connectivity index (χ3v) is 7.83. The van der Waals surface area contributed by atoms with Gasteiger partial charge in [-0.3, -0.25) is 14.4 Å². The Labute approximate surface area is 155 Å². The van der Waals surface area contributed by atoms with Crippen molar-refractivity contribution in [2.75, 3.05) is 0 Å². The highest BCUT2D eigenvalue weighted by molar-refractivity contribution is 6.01. The molecule has 0 aromatic rings. The van der Waals surface area contributed by atoms with E-state index in [1.54, 1.807) is 19.1 Å². The van der Waals surface area contributed by atoms with Crippen LogP contribution < -0.4 is 0 Å². The lowest BCUT2D eigenvalue weighted by atomic mass is 9.48. The Morgan fingerprint density at radius 2 is 2.00 bits per heavy atom. The van der Waals surface area contributed by atoms with E-state index in [-0.39, 0.29) is 28.7 Å². The minimum absolute atomic E-state index is 0.0230. The molecule has 0 spiro atoms. The molecule has 4 aliphatic carbocycles. The number of esters is 1. The molecule has 0 amide bonds. The maximum absolute atomic E-state index is 12.6. The summed E-state index contributed by atoms with van der Waals surface area (Å²) in [6.07, 6.45) is 9.67. The number of carbonyl (C=O) groups is 3. The molecule has 140 valence electrons. The van der Waals surface area contributed by atoms with Crippen molar-refractivity contribution in [2.24, 2.45) is 28.6 Å². The Hall–Kier alpha value is -1.71. The van der Waals surface area contributed by atoms with Crippen LogP contribution in [0.2, 0.25) is 0 Å². The molecular formula is C22H28O4. The van der Waals surface area contributed by atoms with Gasteiger partial charge in [0.15, 0.2) is 5.78 Å². The van der Waals surface area contributed by atoms with Crippen LogP contribution >= 0.6 is 0 Å². The van der Waals surface area contributed by atoms with Crippen molar-refractivity contribution in [1.82, 2.24) is 0 Å². The minimum atomic E-state index is -0.347. The summed E-state index contributed by atoms with van der Waals surface area (Å²) in [6, 6.07) is 0. The Morgan fingerprint density at radius 3 is 2.73 bits per heavy atom. The van der Waals surface area contributed by atoms with Crippen molar-refractivity contribution in [3.63, 3.8) is 0 Å². The lowest BCUT2D eigenvalue weighted by Gasteiger charge is -2.57. The van der Waals surface area contributed by atoms with Crippen LogP contribution in [0.1, 0.15) is 59.3 Å². The van der Waals surface area contributed by atoms with Gasteiger partial charge in [0, 0.05) is 23.7 Å². The van der Waals surface area contributed by atoms with Crippen LogP contribution in [0.25, 0.3) is 0 Å². The SMILES string of the molecule is CCC(=O)O[C@H]1C[C@@H]2[C@H](CC[C@]3(C)C(=O)CC[C@@H]23)[C@@]2(C)C=CC(=O)C=C12. The van der Waals surface area contributed by atoms with Gasteiger partial charge in [-0.25, -0.2) is 0 Å². The number of ketones is 2. The third kappa shape index (κ3) is 2.37. The highest BCUT2D eigenvalue weighted by Gasteiger charge is 2.60. The second-order valence-corrected chi connectivity index (χ2v) is 8.98. The average Bonchev–Trinajstić information content (AvgIpc) is 2.91. The highest BCUT2D eigenvalue weighted by Crippen LogP contribution is 2.63. The average molecular weight is 356 g/mol. The molecule has 0 radical (unpaired) electrons. The van der Waals surface area contributed by atoms with Gasteiger partial charge in [0.2, 0.25) is 0 Å². The van der Waals surface area contributed by atoms with Gasteiger partial charge in [-0.1, -0.05) is 26.8 Å². The normalized spacial score (nSPS) is 44.0. The lowest BCUT2D eigenvalue weighted by molar-refractivity contribution is -0.154. The van der Waals surface area contributed by atoms with Gasteiger partial charge in [0.05, 0.1) is 0 Å². The highest BCUT2D eigenvalue weighted by atomic mass is 16.5. The Kier molecular flexibility index (Phi) is 4.01. The molecule has 3 fully saturated rings. The van der Waals surface area contributed by atoms with E-state index in [1.165, 1.54) is 0 Å². The van der Waals surface area contributed by atoms with Crippen molar-refractivity contribution in [3.8, 4) is 0 Å². The summed E-state index contributed by atoms with van der Waals surface area (Å²) in [5.74, 6) is 1.28. The summed E-state index contributed by atoms with van der Waals surface area (Å²) in [5.41, 5.74) is 0.482. The first-order valence-electron chi connectivity index (χ1n) is 9.97. The van der Waals surface area contributed by atoms with Crippen LogP contribution in [-0.4, -0.2) is 23.6 Å². The third-order valence-electron chi connectivity index (χ3n) is 7.83. The maximum Gasteiger partial charge on any atom is 0.306 e. The fraction of sp³-hybridized carbons (Fsp3) is 0.682. The summed E-state index contributed by atoms with van der Waals surface area (Å²) < 4.78 is 5.80. The molecule has 0 unspecified atom stereocenters. The van der Waals surface area contributed by atoms with Crippen molar-refractivity contribution < 1.29 is 19.1 Å². The van der Waals surface area contributed by atoms with Crippen LogP contribution in [0.5, 0.6) is 0 Å². The van der Waals surface area contributed by atoms with E-state index < -0.39 is 0 Å². The first-order chi connectivity index (χ1) is 12.3. The monoisotopic (exact) mass is 356 g/mol. The molecule has 0 aromatic carbocycles. The van der Waals surface area contributed by atoms with Crippen molar-refractivity contribution in [1.29, 1.82) is 0 Å². The molecule has 0 saturated heterocycles. The van der Waals surface area contributed by atoms with Crippen LogP contribution in [-0.2, 0) is 19.1 Å². The van der Waals surface area contributed by atoms with E-state index in [2.05, 4.69) is 13.8 Å². The molecule has 0 N–H and O–H groups in total. The smallest absolute Gasteiger partial charge is 0.306 e. The summed E-state index contributed by atoms with van der Waals surface area (Å²) in [4.78, 5) is 36.6. The van der Waals surface area contributed by atoms with Crippen molar-refractivity contribution >= 4 is 17.5 Å². The summed E-state index contributed by atoms with van der Waals surface area (Å²) >= 11 is 0. The zero-order chi connectivity index (χ0) is 18.7. The number of carbonyl (C=O) groups excluding carboxylic acids is 3. The molecule has 4 nitrogen and oxygen atoms in total. The number of rotatable bonds is 2. The van der Waals surface area contributed by atoms with Gasteiger partial charge in [0.25, 0.3) is 0 Å². The number of fused-ring (bicyclic) bond motifs is 5. The molecule has 4 aliphatic rings. The van der Waals surface area contributed by atoms with E-state index >= 15 is 0 Å². The minimum Gasteiger partial charge on any atom is -0.458 e. The molecular weight excluding hydrogens is 328 g/mol. The number of hydrogen-bond donors (Lipinski definition) is 0. The largest absolute Gasteiger partial charge is 0.458 e. The second-order valence-electron chi connectivity index (χ2n) is 8.98. The Morgan fingerprint density at radius 1 is 1.23 bits per heavy atom. The molecule has 0 heterocycles. The van der Waals surface area contributed by atoms with Crippen molar-refractivity contribution in [3.05, 3.63) is 23.8 Å². The number of allylic oxidation sites excluding steroid dienone is 3. The number of ether oxygens (including phenoxy) is 1. The predicted octanol–water partition coefficient (Wildman–Crippen LogP) is 3.80. The van der Waals surface area contributed by atoms with Crippen molar-refractivity contribution in [2.45, 2.75) is 65.4 Å². The first-order valence-corrected chi connectivity index (χ1v) is 9.97. The van der Waals surface area contributed by atoms with Crippen LogP contribution in [0.15, 0.2) is 23.8 Å². The maximum atomic E-state index is 12.6. The van der Waals surface area contributed by atoms with Gasteiger partial charge >= 0.3 is 5.97 Å². The fourth-order valence-corrected chi connectivity index (χ4v) is 6.35. The Bertz CT molecular complexity index is 732. The number of Topliss-reactive ketones (excluding diaryl/α,β-unsaturated/α-hetero) is 1. The van der Waals surface area contributed by atoms with Crippen LogP contribution in [0, 0.1) is 28.6 Å². The lowest BCUT2D eigenvalue weighted by Crippen LogP contribution is -2.53. The zero-order valence-electron chi connectivity index (χ0n) is 15.9. The molecule has 0 aromatic heterocycles. The molecule has 6 atom stereocenters. The molecule has 0 aliphatic heterocycles. The van der Waals surface area contributed by atoms with Gasteiger partial charge in [-0.2, -0.15) is 0 Å².